The fourth-order valence-corrected chi connectivity index (χ4v) is 3.16. The summed E-state index contributed by atoms with van der Waals surface area (Å²) < 4.78 is 0. The normalized spacial score (nSPS) is 21.3. The third-order valence-electron chi connectivity index (χ3n) is 5.18. The predicted molar refractivity (Wildman–Crippen MR) is 104 cm³/mol. The number of unbranched alkanes of at least 4 members (excludes halogenated alkanes) is 1. The summed E-state index contributed by atoms with van der Waals surface area (Å²) in [6, 6.07) is 0.148. The van der Waals surface area contributed by atoms with Crippen LogP contribution in [0.2, 0.25) is 0 Å². The Kier molecular flexibility index (Phi) is 9.17. The number of nitrogens with one attached hydrogen (secondary N) is 2. The molecule has 0 aliphatic carbocycles. The maximum atomic E-state index is 11.4. The van der Waals surface area contributed by atoms with Crippen molar-refractivity contribution < 1.29 is 9.90 Å². The number of carboxylic acid groups (broad SMARTS) is 1. The van der Waals surface area contributed by atoms with Gasteiger partial charge in [-0.05, 0) is 78.4 Å². The first-order valence-corrected chi connectivity index (χ1v) is 9.36. The van der Waals surface area contributed by atoms with Crippen LogP contribution in [0.1, 0.15) is 33.6 Å². The average Bonchev–Trinajstić information content (AvgIpc) is 2.60. The Bertz CT molecular complexity index is 472. The maximum absolute atomic E-state index is 11.4. The molecule has 0 saturated heterocycles. The highest BCUT2D eigenvalue weighted by Crippen LogP contribution is 2.22. The van der Waals surface area contributed by atoms with Gasteiger partial charge in [0.25, 0.3) is 0 Å². The van der Waals surface area contributed by atoms with Gasteiger partial charge in [-0.1, -0.05) is 13.8 Å². The summed E-state index contributed by atoms with van der Waals surface area (Å²) in [7, 11) is 4.04. The van der Waals surface area contributed by atoms with Crippen molar-refractivity contribution in [1.29, 1.82) is 0 Å². The minimum absolute atomic E-state index is 0.148. The van der Waals surface area contributed by atoms with E-state index in [1.807, 2.05) is 20.2 Å². The minimum atomic E-state index is -0.882. The van der Waals surface area contributed by atoms with E-state index in [9.17, 15) is 9.90 Å². The molecule has 0 fully saturated rings. The van der Waals surface area contributed by atoms with Crippen LogP contribution in [0.15, 0.2) is 23.9 Å². The number of dihydropyridines is 1. The number of aliphatic carboxylic acids is 1. The third kappa shape index (κ3) is 6.45. The summed E-state index contributed by atoms with van der Waals surface area (Å²) in [5, 5.41) is 16.3. The Morgan fingerprint density at radius 2 is 2.00 bits per heavy atom. The van der Waals surface area contributed by atoms with E-state index in [1.165, 1.54) is 6.42 Å². The van der Waals surface area contributed by atoms with Crippen LogP contribution in [0.4, 0.5) is 0 Å². The Morgan fingerprint density at radius 1 is 1.32 bits per heavy atom. The van der Waals surface area contributed by atoms with Gasteiger partial charge in [-0.15, -0.1) is 0 Å². The third-order valence-corrected chi connectivity index (χ3v) is 5.18. The van der Waals surface area contributed by atoms with Crippen molar-refractivity contribution in [3.05, 3.63) is 23.9 Å². The van der Waals surface area contributed by atoms with Crippen LogP contribution in [0.5, 0.6) is 0 Å². The molecule has 6 heteroatoms. The molecule has 1 heterocycles. The lowest BCUT2D eigenvalue weighted by Gasteiger charge is -2.42. The highest BCUT2D eigenvalue weighted by molar-refractivity contribution is 5.90. The number of likely N-dealkylation sites (N-methyl/N-ethyl adjacent to an activating group) is 1. The van der Waals surface area contributed by atoms with Gasteiger partial charge in [0.1, 0.15) is 0 Å². The van der Waals surface area contributed by atoms with E-state index >= 15 is 0 Å². The molecule has 1 aliphatic rings. The van der Waals surface area contributed by atoms with Crippen molar-refractivity contribution in [2.45, 2.75) is 45.2 Å². The molecule has 1 rings (SSSR count). The van der Waals surface area contributed by atoms with E-state index in [4.69, 9.17) is 0 Å². The fourth-order valence-electron chi connectivity index (χ4n) is 3.16. The lowest BCUT2D eigenvalue weighted by Crippen LogP contribution is -2.61. The summed E-state index contributed by atoms with van der Waals surface area (Å²) >= 11 is 0. The van der Waals surface area contributed by atoms with E-state index in [-0.39, 0.29) is 6.04 Å². The molecule has 0 amide bonds. The van der Waals surface area contributed by atoms with Crippen molar-refractivity contribution in [2.75, 3.05) is 46.8 Å². The van der Waals surface area contributed by atoms with Gasteiger partial charge in [0.2, 0.25) is 0 Å². The van der Waals surface area contributed by atoms with E-state index in [0.717, 1.165) is 32.6 Å². The zero-order valence-corrected chi connectivity index (χ0v) is 16.5. The molecule has 2 unspecified atom stereocenters. The zero-order valence-electron chi connectivity index (χ0n) is 16.5. The van der Waals surface area contributed by atoms with Crippen LogP contribution in [-0.2, 0) is 4.79 Å². The average molecular weight is 353 g/mol. The van der Waals surface area contributed by atoms with Gasteiger partial charge in [0, 0.05) is 12.6 Å². The largest absolute Gasteiger partial charge is 0.478 e. The Balaban J connectivity index is 2.59. The van der Waals surface area contributed by atoms with E-state index in [0.29, 0.717) is 12.1 Å². The summed E-state index contributed by atoms with van der Waals surface area (Å²) in [5.41, 5.74) is -0.0824. The van der Waals surface area contributed by atoms with E-state index < -0.39 is 11.5 Å². The summed E-state index contributed by atoms with van der Waals surface area (Å²) in [4.78, 5) is 15.9. The molecule has 0 saturated carbocycles. The number of carboxylic acids is 1. The van der Waals surface area contributed by atoms with Crippen LogP contribution in [0.25, 0.3) is 0 Å². The van der Waals surface area contributed by atoms with Crippen LogP contribution in [-0.4, -0.2) is 79.3 Å². The van der Waals surface area contributed by atoms with E-state index in [2.05, 4.69) is 41.2 Å². The monoisotopic (exact) mass is 352 g/mol. The summed E-state index contributed by atoms with van der Waals surface area (Å²) in [6.07, 6.45) is 7.52. The molecule has 3 N–H and O–H groups in total. The molecule has 0 radical (unpaired) electrons. The number of hydrogen-bond acceptors (Lipinski definition) is 5. The lowest BCUT2D eigenvalue weighted by molar-refractivity contribution is -0.132. The van der Waals surface area contributed by atoms with Crippen LogP contribution in [0.3, 0.4) is 0 Å². The molecule has 1 aliphatic heterocycles. The molecular weight excluding hydrogens is 316 g/mol. The number of carbonyl (C=O) groups is 1. The Labute approximate surface area is 152 Å². The van der Waals surface area contributed by atoms with Crippen molar-refractivity contribution in [2.24, 2.45) is 0 Å². The molecule has 0 aromatic rings. The lowest BCUT2D eigenvalue weighted by atomic mass is 9.86. The van der Waals surface area contributed by atoms with Crippen molar-refractivity contribution >= 4 is 5.97 Å². The van der Waals surface area contributed by atoms with Crippen LogP contribution in [0, 0.1) is 0 Å². The quantitative estimate of drug-likeness (QED) is 0.463. The molecule has 2 atom stereocenters. The minimum Gasteiger partial charge on any atom is -0.478 e. The van der Waals surface area contributed by atoms with Gasteiger partial charge in [-0.2, -0.15) is 0 Å². The summed E-state index contributed by atoms with van der Waals surface area (Å²) in [6.45, 7) is 11.5. The maximum Gasteiger partial charge on any atom is 0.335 e. The second-order valence-corrected chi connectivity index (χ2v) is 6.97. The molecule has 144 valence electrons. The standard InChI is InChI=1S/C19H36N4O2/c1-6-23(7-2)13-9-8-11-20-15-19(16(3)22(4)5)14-17(18(24)25)10-12-21-19/h10,12,14,16,20-21H,6-9,11,13,15H2,1-5H3,(H,24,25). The first kappa shape index (κ1) is 21.7. The molecular formula is C19H36N4O2. The van der Waals surface area contributed by atoms with Crippen molar-refractivity contribution in [1.82, 2.24) is 20.4 Å². The molecule has 6 nitrogen and oxygen atoms in total. The molecule has 0 aromatic heterocycles. The first-order chi connectivity index (χ1) is 11.9. The van der Waals surface area contributed by atoms with Crippen LogP contribution < -0.4 is 10.6 Å². The number of nitrogens with zero attached hydrogens (tertiary/aromatic N) is 2. The van der Waals surface area contributed by atoms with Crippen molar-refractivity contribution in [3.63, 3.8) is 0 Å². The first-order valence-electron chi connectivity index (χ1n) is 9.36. The predicted octanol–water partition coefficient (Wildman–Crippen LogP) is 1.51. The van der Waals surface area contributed by atoms with Gasteiger partial charge < -0.3 is 25.5 Å². The van der Waals surface area contributed by atoms with Gasteiger partial charge in [-0.3, -0.25) is 0 Å². The van der Waals surface area contributed by atoms with Gasteiger partial charge in [-0.25, -0.2) is 4.79 Å². The zero-order chi connectivity index (χ0) is 18.9. The second-order valence-electron chi connectivity index (χ2n) is 6.97. The van der Waals surface area contributed by atoms with E-state index in [1.54, 1.807) is 12.3 Å². The van der Waals surface area contributed by atoms with Gasteiger partial charge in [0.15, 0.2) is 0 Å². The van der Waals surface area contributed by atoms with Crippen molar-refractivity contribution in [3.8, 4) is 0 Å². The summed E-state index contributed by atoms with van der Waals surface area (Å²) in [5.74, 6) is -0.882. The Hall–Kier alpha value is -1.37. The number of hydrogen-bond donors (Lipinski definition) is 3. The fraction of sp³-hybridized carbons (Fsp3) is 0.737. The SMILES string of the molecule is CCN(CC)CCCCNCC1(C(C)N(C)C)C=C(C(=O)O)C=CN1. The highest BCUT2D eigenvalue weighted by atomic mass is 16.4. The molecule has 0 aromatic carbocycles. The Morgan fingerprint density at radius 3 is 2.56 bits per heavy atom. The van der Waals surface area contributed by atoms with Crippen LogP contribution >= 0.6 is 0 Å². The second kappa shape index (κ2) is 10.6. The number of rotatable bonds is 12. The molecule has 25 heavy (non-hydrogen) atoms. The molecule has 0 spiro atoms. The molecule has 0 bridgehead atoms. The smallest absolute Gasteiger partial charge is 0.335 e. The van der Waals surface area contributed by atoms with Gasteiger partial charge in [0.05, 0.1) is 11.1 Å². The van der Waals surface area contributed by atoms with Gasteiger partial charge >= 0.3 is 5.97 Å². The highest BCUT2D eigenvalue weighted by Gasteiger charge is 2.36. The topological polar surface area (TPSA) is 67.8 Å².